The zero-order valence-electron chi connectivity index (χ0n) is 34.0. The molecule has 0 unspecified atom stereocenters. The standard InChI is InChI=1S/C44H56O14/c1-17(45)52-22-15-20-19-9-14-40(56-31(19)41-24(22)38-12-7-10-36(3,4)26(38)28(47)43(41,50)57-34(38)54-30(20)41)21-16-23(53-18(2)46)25-39-13-8-11-37(5,6)27(39)29(48)44(51)42(25,33(40)49)32(21)55-35(39)58-44/h20-30,32,34-35,47-48,50-51H,7-16H2,1-6H3/t20-,21+,22-,23-,24-,25-,26+,27+,28-,29-,30-,32-,34-,35-,38+,39+,40-,41+,42+,43+,44+/m0/s1. The Morgan fingerprint density at radius 1 is 0.690 bits per heavy atom. The van der Waals surface area contributed by atoms with Crippen LogP contribution < -0.4 is 0 Å². The number of aliphatic hydroxyl groups excluding tert-OH is 2. The quantitative estimate of drug-likeness (QED) is 0.297. The Bertz CT molecular complexity index is 2050. The van der Waals surface area contributed by atoms with Crippen LogP contribution in [-0.4, -0.2) is 105 Å². The lowest BCUT2D eigenvalue weighted by Crippen LogP contribution is -2.91. The summed E-state index contributed by atoms with van der Waals surface area (Å²) in [6.07, 6.45) is -2.05. The Hall–Kier alpha value is -2.17. The Morgan fingerprint density at radius 2 is 1.21 bits per heavy atom. The van der Waals surface area contributed by atoms with Gasteiger partial charge in [0.1, 0.15) is 41.0 Å². The molecule has 0 aromatic rings. The SMILES string of the molecule is CC(=O)O[C@H]1C[C@@H]2[C@@H]3O[C@H]4O[C@]5(O)[C@@H](O)[C@@H]6C(C)(C)CCC[C@]46[C@H]1[C@]35C(=O)[C@]21CCC2=C(O1)[C@@]13[C@H]4O[C@H]5O[C@]1(O)[C@@H](O)[C@@H]1C(C)(C)CCC[C@]51[C@@H]3[C@@H](OC(C)=O)C[C@@H]24. The molecule has 0 aromatic carbocycles. The molecule has 9 aliphatic heterocycles. The highest BCUT2D eigenvalue weighted by Crippen LogP contribution is 2.87. The molecule has 0 amide bonds. The van der Waals surface area contributed by atoms with E-state index in [9.17, 15) is 30.0 Å². The van der Waals surface area contributed by atoms with Gasteiger partial charge in [-0.15, -0.1) is 0 Å². The van der Waals surface area contributed by atoms with Crippen LogP contribution in [0.5, 0.6) is 0 Å². The summed E-state index contributed by atoms with van der Waals surface area (Å²) in [4.78, 5) is 42.4. The number of aliphatic hydroxyl groups is 4. The number of ketones is 1. The predicted octanol–water partition coefficient (Wildman–Crippen LogP) is 2.76. The summed E-state index contributed by atoms with van der Waals surface area (Å²) in [7, 11) is 0. The molecule has 17 aliphatic rings. The normalized spacial score (nSPS) is 62.0. The number of Topliss-reactive ketones (excluding diaryl/α,β-unsaturated/α-hetero) is 1. The van der Waals surface area contributed by atoms with Crippen molar-refractivity contribution >= 4 is 17.7 Å². The summed E-state index contributed by atoms with van der Waals surface area (Å²) in [5, 5.41) is 51.7. The van der Waals surface area contributed by atoms with E-state index >= 15 is 4.79 Å². The fraction of sp³-hybridized carbons (Fsp3) is 0.886. The summed E-state index contributed by atoms with van der Waals surface area (Å²) in [5.41, 5.74) is -6.87. The molecule has 21 atom stereocenters. The van der Waals surface area contributed by atoms with Gasteiger partial charge in [-0.05, 0) is 67.8 Å². The fourth-order valence-electron chi connectivity index (χ4n) is 19.2. The van der Waals surface area contributed by atoms with Crippen LogP contribution in [0.3, 0.4) is 0 Å². The van der Waals surface area contributed by atoms with Crippen LogP contribution >= 0.6 is 0 Å². The second-order valence-corrected chi connectivity index (χ2v) is 22.5. The number of hydrogen-bond donors (Lipinski definition) is 4. The van der Waals surface area contributed by atoms with Crippen molar-refractivity contribution in [3.05, 3.63) is 11.3 Å². The van der Waals surface area contributed by atoms with Crippen LogP contribution in [0.4, 0.5) is 0 Å². The van der Waals surface area contributed by atoms with Crippen molar-refractivity contribution in [3.63, 3.8) is 0 Å². The Kier molecular flexibility index (Phi) is 6.31. The number of fused-ring (bicyclic) bond motifs is 2. The summed E-state index contributed by atoms with van der Waals surface area (Å²) < 4.78 is 47.4. The van der Waals surface area contributed by atoms with Crippen LogP contribution in [0.15, 0.2) is 11.3 Å². The largest absolute Gasteiger partial charge is 0.483 e. The van der Waals surface area contributed by atoms with Crippen LogP contribution in [-0.2, 0) is 47.5 Å². The van der Waals surface area contributed by atoms with E-state index in [2.05, 4.69) is 27.7 Å². The van der Waals surface area contributed by atoms with E-state index in [1.54, 1.807) is 0 Å². The average Bonchev–Trinajstić information content (AvgIpc) is 3.39. The molecule has 0 aromatic heterocycles. The van der Waals surface area contributed by atoms with E-state index in [0.717, 1.165) is 31.3 Å². The second-order valence-electron chi connectivity index (χ2n) is 22.5. The highest BCUT2D eigenvalue weighted by atomic mass is 16.8. The van der Waals surface area contributed by atoms with Gasteiger partial charge in [-0.3, -0.25) is 14.4 Å². The minimum absolute atomic E-state index is 0.198. The van der Waals surface area contributed by atoms with E-state index in [-0.39, 0.29) is 18.8 Å². The van der Waals surface area contributed by atoms with Crippen LogP contribution in [0, 0.1) is 68.0 Å². The van der Waals surface area contributed by atoms with Gasteiger partial charge in [0, 0.05) is 60.2 Å². The maximum Gasteiger partial charge on any atom is 0.302 e. The number of carbonyl (C=O) groups excluding carboxylic acids is 3. The van der Waals surface area contributed by atoms with Crippen molar-refractivity contribution in [2.45, 2.75) is 172 Å². The lowest BCUT2D eigenvalue weighted by Gasteiger charge is -2.80. The van der Waals surface area contributed by atoms with Crippen molar-refractivity contribution in [2.24, 2.45) is 68.0 Å². The van der Waals surface area contributed by atoms with Gasteiger partial charge in [-0.2, -0.15) is 0 Å². The molecule has 5 spiro atoms. The monoisotopic (exact) mass is 808 g/mol. The first-order chi connectivity index (χ1) is 27.3. The zero-order valence-corrected chi connectivity index (χ0v) is 34.0. The molecular weight excluding hydrogens is 752 g/mol. The van der Waals surface area contributed by atoms with Crippen molar-refractivity contribution in [1.82, 2.24) is 0 Å². The van der Waals surface area contributed by atoms with Gasteiger partial charge in [0.25, 0.3) is 0 Å². The van der Waals surface area contributed by atoms with Crippen molar-refractivity contribution in [2.75, 3.05) is 0 Å². The molecule has 316 valence electrons. The number of hydrogen-bond acceptors (Lipinski definition) is 14. The number of rotatable bonds is 2. The summed E-state index contributed by atoms with van der Waals surface area (Å²) in [5.74, 6) is -8.94. The second kappa shape index (κ2) is 10.0. The van der Waals surface area contributed by atoms with Gasteiger partial charge in [0.05, 0.1) is 12.2 Å². The first kappa shape index (κ1) is 36.5. The minimum atomic E-state index is -2.36. The van der Waals surface area contributed by atoms with Crippen LogP contribution in [0.1, 0.15) is 106 Å². The Balaban J connectivity index is 1.02. The molecule has 14 bridgehead atoms. The molecular formula is C44H56O14. The Labute approximate surface area is 336 Å². The Morgan fingerprint density at radius 3 is 1.78 bits per heavy atom. The minimum Gasteiger partial charge on any atom is -0.483 e. The summed E-state index contributed by atoms with van der Waals surface area (Å²) >= 11 is 0. The predicted molar refractivity (Wildman–Crippen MR) is 193 cm³/mol. The molecule has 9 heterocycles. The van der Waals surface area contributed by atoms with E-state index < -0.39 is 146 Å². The van der Waals surface area contributed by atoms with E-state index in [4.69, 9.17) is 33.2 Å². The third-order valence-electron chi connectivity index (χ3n) is 20.0. The van der Waals surface area contributed by atoms with Gasteiger partial charge in [0.15, 0.2) is 24.0 Å². The molecule has 7 saturated carbocycles. The third-order valence-corrected chi connectivity index (χ3v) is 20.0. The lowest BCUT2D eigenvalue weighted by atomic mass is 9.34. The smallest absolute Gasteiger partial charge is 0.302 e. The van der Waals surface area contributed by atoms with Gasteiger partial charge < -0.3 is 53.6 Å². The maximum atomic E-state index is 16.4. The first-order valence-corrected chi connectivity index (χ1v) is 22.1. The molecule has 8 aliphatic carbocycles. The number of carbonyl (C=O) groups is 3. The van der Waals surface area contributed by atoms with Crippen LogP contribution in [0.2, 0.25) is 0 Å². The molecule has 8 saturated heterocycles. The maximum absolute atomic E-state index is 16.4. The van der Waals surface area contributed by atoms with Crippen molar-refractivity contribution < 1.29 is 68.0 Å². The fourth-order valence-corrected chi connectivity index (χ4v) is 19.2. The molecule has 4 N–H and O–H groups in total. The summed E-state index contributed by atoms with van der Waals surface area (Å²) in [6.45, 7) is 11.1. The van der Waals surface area contributed by atoms with Gasteiger partial charge in [-0.1, -0.05) is 40.5 Å². The summed E-state index contributed by atoms with van der Waals surface area (Å²) in [6, 6.07) is 0. The zero-order chi connectivity index (χ0) is 40.5. The van der Waals surface area contributed by atoms with Crippen LogP contribution in [0.25, 0.3) is 0 Å². The first-order valence-electron chi connectivity index (χ1n) is 22.1. The molecule has 15 fully saturated rings. The highest BCUT2D eigenvalue weighted by Gasteiger charge is 2.98. The lowest BCUT2D eigenvalue weighted by molar-refractivity contribution is -0.562. The van der Waals surface area contributed by atoms with Gasteiger partial charge in [0.2, 0.25) is 11.6 Å². The molecule has 58 heavy (non-hydrogen) atoms. The topological polar surface area (TPSA) is 197 Å². The van der Waals surface area contributed by atoms with E-state index in [1.807, 2.05) is 0 Å². The molecule has 14 nitrogen and oxygen atoms in total. The van der Waals surface area contributed by atoms with E-state index in [1.165, 1.54) is 13.8 Å². The third kappa shape index (κ3) is 3.20. The molecule has 0 radical (unpaired) electrons. The number of esters is 2. The van der Waals surface area contributed by atoms with Gasteiger partial charge in [-0.25, -0.2) is 0 Å². The highest BCUT2D eigenvalue weighted by molar-refractivity contribution is 5.99. The molecule has 14 heteroatoms. The molecule has 17 rings (SSSR count). The van der Waals surface area contributed by atoms with Crippen molar-refractivity contribution in [1.29, 1.82) is 0 Å². The average molecular weight is 809 g/mol. The van der Waals surface area contributed by atoms with Crippen molar-refractivity contribution in [3.8, 4) is 0 Å². The number of ether oxygens (including phenoxy) is 7. The van der Waals surface area contributed by atoms with Gasteiger partial charge >= 0.3 is 11.9 Å². The van der Waals surface area contributed by atoms with E-state index in [0.29, 0.717) is 31.4 Å².